The van der Waals surface area contributed by atoms with Crippen LogP contribution in [0.4, 0.5) is 0 Å². The summed E-state index contributed by atoms with van der Waals surface area (Å²) in [4.78, 5) is 13.3. The van der Waals surface area contributed by atoms with E-state index in [2.05, 4.69) is 19.2 Å². The Labute approximate surface area is 443 Å². The second-order valence-corrected chi connectivity index (χ2v) is 21.5. The largest absolute Gasteiger partial charge is 0.394 e. The molecule has 1 amide bonds. The van der Waals surface area contributed by atoms with Crippen molar-refractivity contribution in [3.63, 3.8) is 0 Å². The van der Waals surface area contributed by atoms with Crippen molar-refractivity contribution in [1.29, 1.82) is 0 Å². The van der Waals surface area contributed by atoms with Crippen molar-refractivity contribution in [3.8, 4) is 0 Å². The van der Waals surface area contributed by atoms with Crippen molar-refractivity contribution in [2.75, 3.05) is 26.4 Å². The van der Waals surface area contributed by atoms with Gasteiger partial charge in [0.25, 0.3) is 0 Å². The second-order valence-electron chi connectivity index (χ2n) is 21.5. The fraction of sp³-hybridized carbons (Fsp3) is 0.982. The Balaban J connectivity index is 1.50. The third kappa shape index (κ3) is 24.4. The smallest absolute Gasteiger partial charge is 0.220 e. The molecule has 0 aromatic rings. The van der Waals surface area contributed by atoms with Crippen LogP contribution in [0.25, 0.3) is 0 Å². The predicted octanol–water partition coefficient (Wildman–Crippen LogP) is 4.43. The Bertz CT molecular complexity index is 1370. The predicted molar refractivity (Wildman–Crippen MR) is 277 cm³/mol. The van der Waals surface area contributed by atoms with Gasteiger partial charge in [0.2, 0.25) is 5.91 Å². The van der Waals surface area contributed by atoms with Crippen LogP contribution in [0, 0.1) is 0 Å². The number of hydrogen-bond donors (Lipinski definition) is 12. The maximum absolute atomic E-state index is 13.3. The number of carbonyl (C=O) groups excluding carboxylic acids is 1. The Morgan fingerprint density at radius 2 is 0.770 bits per heavy atom. The monoisotopic (exact) mass is 1070 g/mol. The highest BCUT2D eigenvalue weighted by Crippen LogP contribution is 2.33. The Morgan fingerprint density at radius 1 is 0.432 bits per heavy atom. The van der Waals surface area contributed by atoms with Gasteiger partial charge in [-0.3, -0.25) is 4.79 Å². The molecular formula is C55H105NO18. The van der Waals surface area contributed by atoms with Gasteiger partial charge in [0.15, 0.2) is 18.9 Å². The van der Waals surface area contributed by atoms with Gasteiger partial charge >= 0.3 is 0 Å². The minimum Gasteiger partial charge on any atom is -0.394 e. The highest BCUT2D eigenvalue weighted by Gasteiger charge is 2.53. The third-order valence-electron chi connectivity index (χ3n) is 15.2. The number of hydrogen-bond acceptors (Lipinski definition) is 18. The van der Waals surface area contributed by atoms with E-state index in [-0.39, 0.29) is 18.9 Å². The van der Waals surface area contributed by atoms with Crippen LogP contribution >= 0.6 is 0 Å². The third-order valence-corrected chi connectivity index (χ3v) is 15.2. The molecule has 3 aliphatic rings. The minimum atomic E-state index is -1.97. The van der Waals surface area contributed by atoms with Gasteiger partial charge in [-0.25, -0.2) is 0 Å². The summed E-state index contributed by atoms with van der Waals surface area (Å²) < 4.78 is 34.3. The van der Waals surface area contributed by atoms with Gasteiger partial charge in [0.05, 0.1) is 38.6 Å². The topological polar surface area (TPSA) is 307 Å². The van der Waals surface area contributed by atoms with E-state index in [9.17, 15) is 61.0 Å². The summed E-state index contributed by atoms with van der Waals surface area (Å²) in [6.45, 7) is 1.79. The van der Waals surface area contributed by atoms with Gasteiger partial charge in [0.1, 0.15) is 73.2 Å². The molecule has 0 aliphatic carbocycles. The molecule has 74 heavy (non-hydrogen) atoms. The molecule has 0 radical (unpaired) electrons. The summed E-state index contributed by atoms with van der Waals surface area (Å²) in [5.41, 5.74) is 0. The van der Waals surface area contributed by atoms with E-state index in [1.807, 2.05) is 0 Å². The first kappa shape index (κ1) is 67.1. The zero-order valence-electron chi connectivity index (χ0n) is 45.3. The molecule has 0 aromatic heterocycles. The molecule has 12 N–H and O–H groups in total. The van der Waals surface area contributed by atoms with Gasteiger partial charge in [-0.05, 0) is 12.8 Å². The molecule has 0 bridgehead atoms. The van der Waals surface area contributed by atoms with Crippen molar-refractivity contribution >= 4 is 5.91 Å². The van der Waals surface area contributed by atoms with Crippen LogP contribution in [0.2, 0.25) is 0 Å². The van der Waals surface area contributed by atoms with Gasteiger partial charge in [-0.15, -0.1) is 0 Å². The van der Waals surface area contributed by atoms with Crippen molar-refractivity contribution < 1.29 is 89.4 Å². The van der Waals surface area contributed by atoms with E-state index in [4.69, 9.17) is 28.4 Å². The van der Waals surface area contributed by atoms with E-state index in [1.54, 1.807) is 0 Å². The first-order chi connectivity index (χ1) is 35.8. The number of unbranched alkanes of at least 4 members (excludes halogenated alkanes) is 27. The number of nitrogens with one attached hydrogen (secondary N) is 1. The average molecular weight is 1070 g/mol. The van der Waals surface area contributed by atoms with Crippen LogP contribution in [0.1, 0.15) is 213 Å². The average Bonchev–Trinajstić information content (AvgIpc) is 3.40. The summed E-state index contributed by atoms with van der Waals surface area (Å²) in [6.07, 6.45) is 9.03. The van der Waals surface area contributed by atoms with E-state index in [0.717, 1.165) is 44.9 Å². The van der Waals surface area contributed by atoms with Gasteiger partial charge < -0.3 is 89.9 Å². The quantitative estimate of drug-likeness (QED) is 0.0376. The molecule has 19 heteroatoms. The van der Waals surface area contributed by atoms with Crippen molar-refractivity contribution in [1.82, 2.24) is 5.32 Å². The fourth-order valence-electron chi connectivity index (χ4n) is 10.3. The van der Waals surface area contributed by atoms with Crippen LogP contribution < -0.4 is 5.32 Å². The lowest BCUT2D eigenvalue weighted by molar-refractivity contribution is -0.379. The number of carbonyl (C=O) groups is 1. The van der Waals surface area contributed by atoms with E-state index in [0.29, 0.717) is 12.8 Å². The standard InChI is InChI=1S/C55H105NO18/c1-3-5-7-9-11-13-15-17-18-19-21-23-25-27-29-31-33-43(61)56-38(39(60)32-30-28-26-24-22-20-16-14-12-10-8-6-4-2)37-69-53-49(67)46(64)51(41(35-58)71-53)74-55-50(68)47(65)52(42(36-59)72-55)73-54-48(66)45(63)44(62)40(34-57)70-54/h38-42,44-55,57-60,62-68H,3-37H2,1-2H3,(H,56,61). The summed E-state index contributed by atoms with van der Waals surface area (Å²) in [5.74, 6) is -0.240. The first-order valence-electron chi connectivity index (χ1n) is 29.3. The Morgan fingerprint density at radius 3 is 1.18 bits per heavy atom. The fourth-order valence-corrected chi connectivity index (χ4v) is 10.3. The molecule has 0 aromatic carbocycles. The summed E-state index contributed by atoms with van der Waals surface area (Å²) in [5, 5.41) is 120. The lowest BCUT2D eigenvalue weighted by Crippen LogP contribution is -2.66. The molecule has 17 unspecified atom stereocenters. The zero-order valence-corrected chi connectivity index (χ0v) is 45.3. The van der Waals surface area contributed by atoms with E-state index < -0.39 is 124 Å². The molecule has 0 spiro atoms. The summed E-state index contributed by atoms with van der Waals surface area (Å²) >= 11 is 0. The van der Waals surface area contributed by atoms with Crippen molar-refractivity contribution in [2.24, 2.45) is 0 Å². The maximum atomic E-state index is 13.3. The summed E-state index contributed by atoms with van der Waals surface area (Å²) in [7, 11) is 0. The van der Waals surface area contributed by atoms with Crippen LogP contribution in [0.3, 0.4) is 0 Å². The highest BCUT2D eigenvalue weighted by atomic mass is 16.8. The molecule has 0 saturated carbocycles. The number of aliphatic hydroxyl groups excluding tert-OH is 11. The van der Waals surface area contributed by atoms with E-state index in [1.165, 1.54) is 135 Å². The number of rotatable bonds is 43. The molecule has 3 heterocycles. The first-order valence-corrected chi connectivity index (χ1v) is 29.3. The Hall–Kier alpha value is -1.21. The normalized spacial score (nSPS) is 31.4. The van der Waals surface area contributed by atoms with Crippen LogP contribution in [0.15, 0.2) is 0 Å². The van der Waals surface area contributed by atoms with Gasteiger partial charge in [-0.1, -0.05) is 194 Å². The lowest BCUT2D eigenvalue weighted by atomic mass is 9.96. The van der Waals surface area contributed by atoms with Crippen LogP contribution in [0.5, 0.6) is 0 Å². The summed E-state index contributed by atoms with van der Waals surface area (Å²) in [6, 6.07) is -0.879. The van der Waals surface area contributed by atoms with E-state index >= 15 is 0 Å². The zero-order chi connectivity index (χ0) is 54.1. The van der Waals surface area contributed by atoms with Crippen LogP contribution in [-0.4, -0.2) is 193 Å². The van der Waals surface area contributed by atoms with Gasteiger partial charge in [-0.2, -0.15) is 0 Å². The molecule has 438 valence electrons. The van der Waals surface area contributed by atoms with Crippen molar-refractivity contribution in [3.05, 3.63) is 0 Å². The molecule has 3 saturated heterocycles. The number of amides is 1. The molecule has 3 fully saturated rings. The molecule has 19 nitrogen and oxygen atoms in total. The van der Waals surface area contributed by atoms with Crippen LogP contribution in [-0.2, 0) is 33.2 Å². The minimum absolute atomic E-state index is 0.240. The Kier molecular flexibility index (Phi) is 36.3. The van der Waals surface area contributed by atoms with Gasteiger partial charge in [0, 0.05) is 6.42 Å². The molecule has 17 atom stereocenters. The molecular weight excluding hydrogens is 963 g/mol. The molecule has 3 rings (SSSR count). The molecule has 3 aliphatic heterocycles. The second kappa shape index (κ2) is 40.0. The maximum Gasteiger partial charge on any atom is 0.220 e. The van der Waals surface area contributed by atoms with Crippen molar-refractivity contribution in [2.45, 2.75) is 317 Å². The number of ether oxygens (including phenoxy) is 6. The SMILES string of the molecule is CCCCCCCCCCCCCCCCCCC(=O)NC(COC1OC(CO)C(OC2OC(CO)C(OC3OC(CO)C(O)C(O)C3O)C(O)C2O)C(O)C1O)C(O)CCCCCCCCCCCCCCC. The number of aliphatic hydroxyl groups is 11. The lowest BCUT2D eigenvalue weighted by Gasteiger charge is -2.48. The highest BCUT2D eigenvalue weighted by molar-refractivity contribution is 5.76.